The van der Waals surface area contributed by atoms with E-state index in [9.17, 15) is 0 Å². The fourth-order valence-electron chi connectivity index (χ4n) is 0. The Hall–Kier alpha value is -0.905. The Kier molecular flexibility index (Phi) is 45.1. The van der Waals surface area contributed by atoms with E-state index in [4.69, 9.17) is 35.0 Å². The molecule has 0 spiro atoms. The van der Waals surface area contributed by atoms with Crippen LogP contribution in [0.25, 0.3) is 0 Å². The van der Waals surface area contributed by atoms with Crippen molar-refractivity contribution in [3.05, 3.63) is 0 Å². The molecule has 7 nitrogen and oxygen atoms in total. The SMILES string of the molecule is CC(=O)O.CC(=O)O.N#CC(=O)O.[LiH].[LiH]. The average Bonchev–Trinajstić information content (AvgIpc) is 1.84. The van der Waals surface area contributed by atoms with Crippen LogP contribution in [0.15, 0.2) is 0 Å². The number of carbonyl (C=O) groups is 3. The van der Waals surface area contributed by atoms with Crippen molar-refractivity contribution >= 4 is 55.6 Å². The minimum absolute atomic E-state index is 0. The zero-order chi connectivity index (χ0) is 11.4. The second-order valence-electron chi connectivity index (χ2n) is 1.45. The number of aliphatic carboxylic acids is 3. The predicted octanol–water partition coefficient (Wildman–Crippen LogP) is -1.52. The van der Waals surface area contributed by atoms with Crippen molar-refractivity contribution in [2.75, 3.05) is 0 Å². The molecule has 0 fully saturated rings. The van der Waals surface area contributed by atoms with Crippen LogP contribution in [0.4, 0.5) is 0 Å². The molecular formula is C6H11Li2NO6. The van der Waals surface area contributed by atoms with Crippen LogP contribution in [0, 0.1) is 11.3 Å². The average molecular weight is 207 g/mol. The minimum atomic E-state index is -1.44. The van der Waals surface area contributed by atoms with Crippen molar-refractivity contribution < 1.29 is 29.7 Å². The molecule has 0 bridgehead atoms. The van der Waals surface area contributed by atoms with E-state index < -0.39 is 17.9 Å². The van der Waals surface area contributed by atoms with E-state index in [1.165, 1.54) is 0 Å². The summed E-state index contributed by atoms with van der Waals surface area (Å²) in [5, 5.41) is 29.5. The van der Waals surface area contributed by atoms with E-state index >= 15 is 0 Å². The first-order valence-corrected chi connectivity index (χ1v) is 2.76. The molecule has 0 rings (SSSR count). The van der Waals surface area contributed by atoms with Crippen molar-refractivity contribution in [2.45, 2.75) is 13.8 Å². The first-order chi connectivity index (χ1) is 5.73. The Labute approximate surface area is 110 Å². The van der Waals surface area contributed by atoms with Gasteiger partial charge in [-0.05, 0) is 0 Å². The monoisotopic (exact) mass is 207 g/mol. The van der Waals surface area contributed by atoms with Gasteiger partial charge in [-0.15, -0.1) is 0 Å². The molecule has 0 saturated heterocycles. The summed E-state index contributed by atoms with van der Waals surface area (Å²) in [6, 6.07) is 0.944. The van der Waals surface area contributed by atoms with Crippen LogP contribution in [-0.4, -0.2) is 70.9 Å². The Morgan fingerprint density at radius 3 is 1.00 bits per heavy atom. The summed E-state index contributed by atoms with van der Waals surface area (Å²) in [6.07, 6.45) is 0. The maximum atomic E-state index is 9.01. The molecule has 0 atom stereocenters. The molecule has 0 aliphatic carbocycles. The fourth-order valence-corrected chi connectivity index (χ4v) is 0. The summed E-state index contributed by atoms with van der Waals surface area (Å²) >= 11 is 0. The van der Waals surface area contributed by atoms with Gasteiger partial charge < -0.3 is 15.3 Å². The van der Waals surface area contributed by atoms with E-state index in [0.29, 0.717) is 0 Å². The Morgan fingerprint density at radius 1 is 0.933 bits per heavy atom. The summed E-state index contributed by atoms with van der Waals surface area (Å²) in [4.78, 5) is 27.0. The topological polar surface area (TPSA) is 136 Å². The number of nitriles is 1. The second-order valence-corrected chi connectivity index (χ2v) is 1.45. The number of nitrogens with zero attached hydrogens (tertiary/aromatic N) is 1. The number of rotatable bonds is 0. The first kappa shape index (κ1) is 29.2. The van der Waals surface area contributed by atoms with Crippen LogP contribution < -0.4 is 0 Å². The van der Waals surface area contributed by atoms with Gasteiger partial charge >= 0.3 is 43.7 Å². The molecule has 0 unspecified atom stereocenters. The number of hydrogen-bond acceptors (Lipinski definition) is 4. The summed E-state index contributed by atoms with van der Waals surface area (Å²) in [7, 11) is 0. The van der Waals surface area contributed by atoms with Crippen LogP contribution in [0.5, 0.6) is 0 Å². The summed E-state index contributed by atoms with van der Waals surface area (Å²) in [5.41, 5.74) is 0. The molecule has 0 aromatic carbocycles. The quantitative estimate of drug-likeness (QED) is 0.249. The van der Waals surface area contributed by atoms with Crippen LogP contribution in [0.2, 0.25) is 0 Å². The van der Waals surface area contributed by atoms with Gasteiger partial charge in [0.25, 0.3) is 11.9 Å². The molecule has 0 amide bonds. The predicted molar refractivity (Wildman–Crippen MR) is 54.2 cm³/mol. The van der Waals surface area contributed by atoms with Gasteiger partial charge in [0.15, 0.2) is 6.07 Å². The molecule has 0 aliphatic rings. The molecule has 15 heavy (non-hydrogen) atoms. The standard InChI is InChI=1S/C2HNO2.2C2H4O2.2Li.2H/c3-1-2(4)5;2*1-2(3)4;;;;/h(H,4,5);2*1H3,(H,3,4);;;;. The summed E-state index contributed by atoms with van der Waals surface area (Å²) < 4.78 is 0. The third-order valence-corrected chi connectivity index (χ3v) is 0.0956. The molecule has 3 N–H and O–H groups in total. The Bertz CT molecular complexity index is 204. The number of hydrogen-bond donors (Lipinski definition) is 3. The molecule has 0 aliphatic heterocycles. The second kappa shape index (κ2) is 23.2. The van der Waals surface area contributed by atoms with Crippen molar-refractivity contribution in [3.63, 3.8) is 0 Å². The Morgan fingerprint density at radius 2 is 1.00 bits per heavy atom. The van der Waals surface area contributed by atoms with Gasteiger partial charge in [0, 0.05) is 13.8 Å². The fraction of sp³-hybridized carbons (Fsp3) is 0.333. The third kappa shape index (κ3) is 1340. The molecule has 9 heteroatoms. The van der Waals surface area contributed by atoms with Gasteiger partial charge in [-0.1, -0.05) is 0 Å². The van der Waals surface area contributed by atoms with E-state index in [1.54, 1.807) is 0 Å². The van der Waals surface area contributed by atoms with Crippen LogP contribution in [-0.2, 0) is 14.4 Å². The summed E-state index contributed by atoms with van der Waals surface area (Å²) in [5.74, 6) is -3.11. The number of carboxylic acids is 3. The molecule has 0 heterocycles. The van der Waals surface area contributed by atoms with Gasteiger partial charge in [-0.3, -0.25) is 9.59 Å². The van der Waals surface area contributed by atoms with Gasteiger partial charge in [0.1, 0.15) is 0 Å². The molecule has 0 saturated carbocycles. The Balaban J connectivity index is -0.0000000315. The van der Waals surface area contributed by atoms with Crippen LogP contribution >= 0.6 is 0 Å². The molecule has 78 valence electrons. The van der Waals surface area contributed by atoms with Crippen molar-refractivity contribution in [1.82, 2.24) is 0 Å². The van der Waals surface area contributed by atoms with E-state index in [-0.39, 0.29) is 37.7 Å². The third-order valence-electron chi connectivity index (χ3n) is 0.0956. The first-order valence-electron chi connectivity index (χ1n) is 2.76. The van der Waals surface area contributed by atoms with Gasteiger partial charge in [-0.2, -0.15) is 5.26 Å². The van der Waals surface area contributed by atoms with E-state index in [2.05, 4.69) is 0 Å². The molecule has 0 radical (unpaired) electrons. The van der Waals surface area contributed by atoms with Crippen LogP contribution in [0.3, 0.4) is 0 Å². The van der Waals surface area contributed by atoms with Crippen molar-refractivity contribution in [3.8, 4) is 6.07 Å². The summed E-state index contributed by atoms with van der Waals surface area (Å²) in [6.45, 7) is 2.17. The normalized spacial score (nSPS) is 5.13. The zero-order valence-corrected chi connectivity index (χ0v) is 7.01. The molecule has 0 aromatic heterocycles. The van der Waals surface area contributed by atoms with Gasteiger partial charge in [-0.25, -0.2) is 4.79 Å². The van der Waals surface area contributed by atoms with Crippen molar-refractivity contribution in [2.24, 2.45) is 0 Å². The van der Waals surface area contributed by atoms with E-state index in [1.807, 2.05) is 0 Å². The van der Waals surface area contributed by atoms with Crippen LogP contribution in [0.1, 0.15) is 13.8 Å². The maximum absolute atomic E-state index is 9.01. The zero-order valence-electron chi connectivity index (χ0n) is 7.01. The van der Waals surface area contributed by atoms with Gasteiger partial charge in [0.2, 0.25) is 0 Å². The van der Waals surface area contributed by atoms with Crippen molar-refractivity contribution in [1.29, 1.82) is 5.26 Å². The van der Waals surface area contributed by atoms with E-state index in [0.717, 1.165) is 19.9 Å². The van der Waals surface area contributed by atoms with Gasteiger partial charge in [0.05, 0.1) is 0 Å². The number of carboxylic acid groups (broad SMARTS) is 3. The molecule has 0 aromatic rings. The molecular weight excluding hydrogens is 196 g/mol.